The molecule has 0 aliphatic carbocycles. The van der Waals surface area contributed by atoms with Crippen LogP contribution in [0.25, 0.3) is 0 Å². The number of carbonyl (C=O) groups excluding carboxylic acids is 1. The monoisotopic (exact) mass is 264 g/mol. The van der Waals surface area contributed by atoms with Crippen molar-refractivity contribution in [1.29, 1.82) is 0 Å². The molecule has 0 radical (unpaired) electrons. The first-order valence-electron chi connectivity index (χ1n) is 6.46. The summed E-state index contributed by atoms with van der Waals surface area (Å²) in [6.45, 7) is 2.34. The zero-order chi connectivity index (χ0) is 14.3. The van der Waals surface area contributed by atoms with Crippen molar-refractivity contribution in [3.8, 4) is 0 Å². The Morgan fingerprint density at radius 2 is 1.79 bits per heavy atom. The van der Waals surface area contributed by atoms with Gasteiger partial charge in [0, 0.05) is 11.4 Å². The van der Waals surface area contributed by atoms with Gasteiger partial charge in [-0.05, 0) is 64.9 Å². The van der Waals surface area contributed by atoms with Gasteiger partial charge >= 0.3 is 0 Å². The van der Waals surface area contributed by atoms with Gasteiger partial charge in [-0.25, -0.2) is 0 Å². The van der Waals surface area contributed by atoms with Crippen molar-refractivity contribution in [1.82, 2.24) is 9.80 Å². The quantitative estimate of drug-likeness (QED) is 0.724. The SMILES string of the molecule is CN(C)CCCN(C)CC(=O)Nc1ccc(N)cc1. The van der Waals surface area contributed by atoms with E-state index in [9.17, 15) is 4.79 Å². The summed E-state index contributed by atoms with van der Waals surface area (Å²) in [7, 11) is 6.06. The molecule has 0 saturated heterocycles. The van der Waals surface area contributed by atoms with Gasteiger partial charge in [0.15, 0.2) is 0 Å². The van der Waals surface area contributed by atoms with Crippen LogP contribution in [0.3, 0.4) is 0 Å². The van der Waals surface area contributed by atoms with Crippen molar-refractivity contribution in [3.63, 3.8) is 0 Å². The maximum Gasteiger partial charge on any atom is 0.238 e. The number of likely N-dealkylation sites (N-methyl/N-ethyl adjacent to an activating group) is 1. The van der Waals surface area contributed by atoms with Crippen LogP contribution in [0.2, 0.25) is 0 Å². The van der Waals surface area contributed by atoms with E-state index in [0.29, 0.717) is 12.2 Å². The van der Waals surface area contributed by atoms with Crippen LogP contribution >= 0.6 is 0 Å². The molecule has 0 aromatic heterocycles. The molecule has 0 unspecified atom stereocenters. The highest BCUT2D eigenvalue weighted by Gasteiger charge is 2.06. The second-order valence-corrected chi connectivity index (χ2v) is 5.06. The van der Waals surface area contributed by atoms with Crippen LogP contribution < -0.4 is 11.1 Å². The smallest absolute Gasteiger partial charge is 0.238 e. The molecule has 1 aromatic rings. The number of rotatable bonds is 7. The third kappa shape index (κ3) is 6.79. The molecule has 0 bridgehead atoms. The topological polar surface area (TPSA) is 61.6 Å². The number of hydrogen-bond acceptors (Lipinski definition) is 4. The Balaban J connectivity index is 2.28. The fourth-order valence-electron chi connectivity index (χ4n) is 1.75. The minimum atomic E-state index is -0.00266. The maximum absolute atomic E-state index is 11.8. The van der Waals surface area contributed by atoms with Gasteiger partial charge in [-0.15, -0.1) is 0 Å². The zero-order valence-electron chi connectivity index (χ0n) is 12.0. The van der Waals surface area contributed by atoms with Crippen molar-refractivity contribution >= 4 is 17.3 Å². The summed E-state index contributed by atoms with van der Waals surface area (Å²) >= 11 is 0. The van der Waals surface area contributed by atoms with Crippen LogP contribution in [-0.2, 0) is 4.79 Å². The number of benzene rings is 1. The second-order valence-electron chi connectivity index (χ2n) is 5.06. The molecular weight excluding hydrogens is 240 g/mol. The van der Waals surface area contributed by atoms with Crippen LogP contribution in [-0.4, -0.2) is 56.5 Å². The third-order valence-electron chi connectivity index (χ3n) is 2.75. The molecule has 1 aromatic carbocycles. The Morgan fingerprint density at radius 1 is 1.16 bits per heavy atom. The van der Waals surface area contributed by atoms with Gasteiger partial charge < -0.3 is 16.0 Å². The fourth-order valence-corrected chi connectivity index (χ4v) is 1.75. The van der Waals surface area contributed by atoms with Crippen LogP contribution in [0.4, 0.5) is 11.4 Å². The highest BCUT2D eigenvalue weighted by molar-refractivity contribution is 5.92. The predicted molar refractivity (Wildman–Crippen MR) is 80.2 cm³/mol. The molecule has 106 valence electrons. The van der Waals surface area contributed by atoms with E-state index in [1.165, 1.54) is 0 Å². The Hall–Kier alpha value is -1.59. The van der Waals surface area contributed by atoms with E-state index in [1.54, 1.807) is 24.3 Å². The van der Waals surface area contributed by atoms with Crippen molar-refractivity contribution in [2.45, 2.75) is 6.42 Å². The molecule has 1 rings (SSSR count). The van der Waals surface area contributed by atoms with Gasteiger partial charge in [0.05, 0.1) is 6.54 Å². The number of nitrogens with one attached hydrogen (secondary N) is 1. The van der Waals surface area contributed by atoms with E-state index in [4.69, 9.17) is 5.73 Å². The summed E-state index contributed by atoms with van der Waals surface area (Å²) < 4.78 is 0. The molecule has 0 heterocycles. The lowest BCUT2D eigenvalue weighted by Gasteiger charge is -2.17. The van der Waals surface area contributed by atoms with Crippen molar-refractivity contribution in [2.75, 3.05) is 51.8 Å². The fraction of sp³-hybridized carbons (Fsp3) is 0.500. The standard InChI is InChI=1S/C14H24N4O/c1-17(2)9-4-10-18(3)11-14(19)16-13-7-5-12(15)6-8-13/h5-8H,4,9-11,15H2,1-3H3,(H,16,19). The van der Waals surface area contributed by atoms with E-state index in [-0.39, 0.29) is 5.91 Å². The number of anilines is 2. The van der Waals surface area contributed by atoms with E-state index < -0.39 is 0 Å². The Morgan fingerprint density at radius 3 is 2.37 bits per heavy atom. The summed E-state index contributed by atoms with van der Waals surface area (Å²) in [4.78, 5) is 16.0. The average Bonchev–Trinajstić information content (AvgIpc) is 2.31. The Kier molecular flexibility index (Phi) is 6.32. The zero-order valence-corrected chi connectivity index (χ0v) is 12.0. The molecule has 0 spiro atoms. The number of carbonyl (C=O) groups is 1. The van der Waals surface area contributed by atoms with Gasteiger partial charge in [0.1, 0.15) is 0 Å². The minimum absolute atomic E-state index is 0.00266. The Labute approximate surface area is 115 Å². The second kappa shape index (κ2) is 7.76. The first-order valence-corrected chi connectivity index (χ1v) is 6.46. The lowest BCUT2D eigenvalue weighted by atomic mass is 10.3. The first-order chi connectivity index (χ1) is 8.97. The summed E-state index contributed by atoms with van der Waals surface area (Å²) in [5.41, 5.74) is 7.06. The minimum Gasteiger partial charge on any atom is -0.399 e. The van der Waals surface area contributed by atoms with Gasteiger partial charge in [-0.2, -0.15) is 0 Å². The number of nitrogens with zero attached hydrogens (tertiary/aromatic N) is 2. The van der Waals surface area contributed by atoms with Crippen LogP contribution in [0.15, 0.2) is 24.3 Å². The van der Waals surface area contributed by atoms with E-state index in [0.717, 1.165) is 25.2 Å². The molecule has 3 N–H and O–H groups in total. The molecule has 19 heavy (non-hydrogen) atoms. The van der Waals surface area contributed by atoms with Crippen molar-refractivity contribution in [3.05, 3.63) is 24.3 Å². The predicted octanol–water partition coefficient (Wildman–Crippen LogP) is 1.09. The van der Waals surface area contributed by atoms with E-state index >= 15 is 0 Å². The summed E-state index contributed by atoms with van der Waals surface area (Å²) in [6.07, 6.45) is 1.05. The van der Waals surface area contributed by atoms with Crippen LogP contribution in [0.1, 0.15) is 6.42 Å². The van der Waals surface area contributed by atoms with Gasteiger partial charge in [-0.1, -0.05) is 0 Å². The number of nitrogen functional groups attached to an aromatic ring is 1. The number of nitrogens with two attached hydrogens (primary N) is 1. The molecule has 0 aliphatic heterocycles. The lowest BCUT2D eigenvalue weighted by Crippen LogP contribution is -2.32. The van der Waals surface area contributed by atoms with Gasteiger partial charge in [0.2, 0.25) is 5.91 Å². The molecule has 0 aliphatic rings. The molecule has 5 nitrogen and oxygen atoms in total. The molecule has 0 saturated carbocycles. The van der Waals surface area contributed by atoms with Gasteiger partial charge in [0.25, 0.3) is 0 Å². The number of amides is 1. The third-order valence-corrected chi connectivity index (χ3v) is 2.75. The Bertz CT molecular complexity index is 389. The summed E-state index contributed by atoms with van der Waals surface area (Å²) in [5.74, 6) is -0.00266. The highest BCUT2D eigenvalue weighted by atomic mass is 16.2. The maximum atomic E-state index is 11.8. The van der Waals surface area contributed by atoms with Gasteiger partial charge in [-0.3, -0.25) is 9.69 Å². The van der Waals surface area contributed by atoms with Crippen LogP contribution in [0, 0.1) is 0 Å². The molecule has 1 amide bonds. The molecule has 0 fully saturated rings. The van der Waals surface area contributed by atoms with E-state index in [1.807, 2.05) is 26.0 Å². The summed E-state index contributed by atoms with van der Waals surface area (Å²) in [6, 6.07) is 7.16. The van der Waals surface area contributed by atoms with E-state index in [2.05, 4.69) is 10.2 Å². The largest absolute Gasteiger partial charge is 0.399 e. The highest BCUT2D eigenvalue weighted by Crippen LogP contribution is 2.10. The summed E-state index contributed by atoms with van der Waals surface area (Å²) in [5, 5.41) is 2.85. The van der Waals surface area contributed by atoms with Crippen LogP contribution in [0.5, 0.6) is 0 Å². The van der Waals surface area contributed by atoms with Crippen molar-refractivity contribution in [2.24, 2.45) is 0 Å². The molecule has 0 atom stereocenters. The first kappa shape index (κ1) is 15.5. The normalized spacial score (nSPS) is 11.0. The molecule has 5 heteroatoms. The lowest BCUT2D eigenvalue weighted by molar-refractivity contribution is -0.117. The molecular formula is C14H24N4O. The van der Waals surface area contributed by atoms with Crippen molar-refractivity contribution < 1.29 is 4.79 Å². The average molecular weight is 264 g/mol. The number of hydrogen-bond donors (Lipinski definition) is 2.